The summed E-state index contributed by atoms with van der Waals surface area (Å²) in [5.74, 6) is -6.58. The molecule has 102 valence electrons. The van der Waals surface area contributed by atoms with E-state index in [2.05, 4.69) is 0 Å². The Morgan fingerprint density at radius 1 is 1.17 bits per heavy atom. The SMILES string of the molecule is Cc1ccc(F)c([C@@H](N)C(F)(F)C(F)(F)F)c1Cl. The van der Waals surface area contributed by atoms with Crippen LogP contribution in [0.25, 0.3) is 0 Å². The molecule has 0 aromatic heterocycles. The van der Waals surface area contributed by atoms with Crippen LogP contribution in [0.5, 0.6) is 0 Å². The van der Waals surface area contributed by atoms with E-state index < -0.39 is 34.5 Å². The Morgan fingerprint density at radius 2 is 1.67 bits per heavy atom. The van der Waals surface area contributed by atoms with Gasteiger partial charge in [-0.15, -0.1) is 0 Å². The third-order valence-electron chi connectivity index (χ3n) is 2.40. The number of nitrogens with two attached hydrogens (primary N) is 1. The standard InChI is InChI=1S/C10H8ClF6N/c1-4-2-3-5(12)6(7(4)11)8(18)9(13,14)10(15,16)17/h2-3,8H,18H2,1H3/t8-/m1/s1. The zero-order valence-electron chi connectivity index (χ0n) is 8.96. The van der Waals surface area contributed by atoms with Crippen molar-refractivity contribution in [2.75, 3.05) is 0 Å². The molecule has 0 saturated carbocycles. The maximum Gasteiger partial charge on any atom is 0.455 e. The van der Waals surface area contributed by atoms with Crippen LogP contribution in [0.1, 0.15) is 17.2 Å². The summed E-state index contributed by atoms with van der Waals surface area (Å²) in [6.07, 6.45) is -5.88. The predicted molar refractivity (Wildman–Crippen MR) is 54.1 cm³/mol. The monoisotopic (exact) mass is 291 g/mol. The van der Waals surface area contributed by atoms with Crippen LogP contribution in [0.15, 0.2) is 12.1 Å². The second-order valence-electron chi connectivity index (χ2n) is 3.69. The maximum atomic E-state index is 13.3. The van der Waals surface area contributed by atoms with Crippen molar-refractivity contribution in [1.82, 2.24) is 0 Å². The van der Waals surface area contributed by atoms with Crippen LogP contribution in [-0.4, -0.2) is 12.1 Å². The largest absolute Gasteiger partial charge is 0.455 e. The van der Waals surface area contributed by atoms with Crippen LogP contribution in [0.2, 0.25) is 5.02 Å². The first-order valence-electron chi connectivity index (χ1n) is 4.64. The molecule has 0 amide bonds. The minimum absolute atomic E-state index is 0.154. The summed E-state index contributed by atoms with van der Waals surface area (Å²) in [5, 5.41) is -0.536. The van der Waals surface area contributed by atoms with Gasteiger partial charge in [0.05, 0.1) is 5.02 Å². The number of benzene rings is 1. The lowest BCUT2D eigenvalue weighted by atomic mass is 9.98. The average Bonchev–Trinajstić information content (AvgIpc) is 2.22. The summed E-state index contributed by atoms with van der Waals surface area (Å²) < 4.78 is 75.8. The van der Waals surface area contributed by atoms with E-state index in [1.165, 1.54) is 6.92 Å². The van der Waals surface area contributed by atoms with Gasteiger partial charge in [-0.1, -0.05) is 17.7 Å². The molecule has 8 heteroatoms. The summed E-state index contributed by atoms with van der Waals surface area (Å²) >= 11 is 5.53. The lowest BCUT2D eigenvalue weighted by molar-refractivity contribution is -0.291. The number of hydrogen-bond acceptors (Lipinski definition) is 1. The molecule has 18 heavy (non-hydrogen) atoms. The normalized spacial score (nSPS) is 14.7. The topological polar surface area (TPSA) is 26.0 Å². The summed E-state index contributed by atoms with van der Waals surface area (Å²) in [7, 11) is 0. The molecule has 0 aliphatic heterocycles. The Kier molecular flexibility index (Phi) is 3.88. The third kappa shape index (κ3) is 2.42. The molecule has 1 nitrogen and oxygen atoms in total. The van der Waals surface area contributed by atoms with Gasteiger partial charge in [-0.2, -0.15) is 22.0 Å². The molecule has 0 aliphatic rings. The van der Waals surface area contributed by atoms with Crippen LogP contribution in [0.3, 0.4) is 0 Å². The fraction of sp³-hybridized carbons (Fsp3) is 0.400. The molecule has 0 heterocycles. The Hall–Kier alpha value is -0.950. The van der Waals surface area contributed by atoms with Crippen LogP contribution < -0.4 is 5.73 Å². The highest BCUT2D eigenvalue weighted by Crippen LogP contribution is 2.45. The van der Waals surface area contributed by atoms with E-state index in [-0.39, 0.29) is 5.56 Å². The molecule has 0 bridgehead atoms. The summed E-state index contributed by atoms with van der Waals surface area (Å²) in [5.41, 5.74) is 3.95. The summed E-state index contributed by atoms with van der Waals surface area (Å²) in [4.78, 5) is 0. The molecule has 0 spiro atoms. The van der Waals surface area contributed by atoms with Crippen molar-refractivity contribution in [2.24, 2.45) is 5.73 Å². The molecule has 2 N–H and O–H groups in total. The lowest BCUT2D eigenvalue weighted by Gasteiger charge is -2.27. The number of alkyl halides is 5. The van der Waals surface area contributed by atoms with Crippen molar-refractivity contribution in [2.45, 2.75) is 25.1 Å². The van der Waals surface area contributed by atoms with Gasteiger partial charge in [0.2, 0.25) is 0 Å². The molecule has 0 unspecified atom stereocenters. The molecule has 1 atom stereocenters. The number of aryl methyl sites for hydroxylation is 1. The maximum absolute atomic E-state index is 13.3. The van der Waals surface area contributed by atoms with Crippen molar-refractivity contribution in [3.8, 4) is 0 Å². The highest BCUT2D eigenvalue weighted by Gasteiger charge is 2.62. The Bertz CT molecular complexity index is 456. The van der Waals surface area contributed by atoms with Crippen LogP contribution in [-0.2, 0) is 0 Å². The van der Waals surface area contributed by atoms with E-state index in [0.717, 1.165) is 12.1 Å². The molecule has 0 fully saturated rings. The fourth-order valence-corrected chi connectivity index (χ4v) is 1.59. The van der Waals surface area contributed by atoms with E-state index in [1.54, 1.807) is 0 Å². The zero-order chi connectivity index (χ0) is 14.3. The summed E-state index contributed by atoms with van der Waals surface area (Å²) in [6, 6.07) is -1.01. The lowest BCUT2D eigenvalue weighted by Crippen LogP contribution is -2.46. The molecule has 1 aromatic rings. The van der Waals surface area contributed by atoms with Crippen LogP contribution in [0.4, 0.5) is 26.3 Å². The first-order valence-corrected chi connectivity index (χ1v) is 5.02. The first kappa shape index (κ1) is 15.1. The van der Waals surface area contributed by atoms with Crippen LogP contribution >= 0.6 is 11.6 Å². The van der Waals surface area contributed by atoms with E-state index in [1.807, 2.05) is 0 Å². The molecule has 1 rings (SSSR count). The Labute approximate surface area is 104 Å². The smallest absolute Gasteiger partial charge is 0.319 e. The Balaban J connectivity index is 3.36. The van der Waals surface area contributed by atoms with Gasteiger partial charge >= 0.3 is 12.1 Å². The summed E-state index contributed by atoms with van der Waals surface area (Å²) in [6.45, 7) is 1.34. The molecule has 1 aromatic carbocycles. The average molecular weight is 292 g/mol. The second-order valence-corrected chi connectivity index (χ2v) is 4.07. The first-order chi connectivity index (χ1) is 8.00. The molecular formula is C10H8ClF6N. The second kappa shape index (κ2) is 4.62. The van der Waals surface area contributed by atoms with Gasteiger partial charge in [0.15, 0.2) is 0 Å². The van der Waals surface area contributed by atoms with Gasteiger partial charge in [-0.3, -0.25) is 0 Å². The molecule has 0 radical (unpaired) electrons. The van der Waals surface area contributed by atoms with Gasteiger partial charge in [0, 0.05) is 5.56 Å². The van der Waals surface area contributed by atoms with Gasteiger partial charge in [-0.25, -0.2) is 4.39 Å². The van der Waals surface area contributed by atoms with E-state index >= 15 is 0 Å². The quantitative estimate of drug-likeness (QED) is 0.819. The fourth-order valence-electron chi connectivity index (χ4n) is 1.32. The molecule has 0 aliphatic carbocycles. The van der Waals surface area contributed by atoms with E-state index in [9.17, 15) is 26.3 Å². The minimum atomic E-state index is -5.88. The number of hydrogen-bond donors (Lipinski definition) is 1. The van der Waals surface area contributed by atoms with Crippen molar-refractivity contribution in [3.05, 3.63) is 34.1 Å². The highest BCUT2D eigenvalue weighted by molar-refractivity contribution is 6.32. The van der Waals surface area contributed by atoms with E-state index in [4.69, 9.17) is 17.3 Å². The van der Waals surface area contributed by atoms with Crippen molar-refractivity contribution in [3.63, 3.8) is 0 Å². The zero-order valence-corrected chi connectivity index (χ0v) is 9.71. The third-order valence-corrected chi connectivity index (χ3v) is 2.90. The predicted octanol–water partition coefficient (Wildman–Crippen LogP) is 3.98. The van der Waals surface area contributed by atoms with Gasteiger partial charge in [0.1, 0.15) is 11.9 Å². The molecule has 0 saturated heterocycles. The highest BCUT2D eigenvalue weighted by atomic mass is 35.5. The van der Waals surface area contributed by atoms with Gasteiger partial charge in [0.25, 0.3) is 0 Å². The van der Waals surface area contributed by atoms with Crippen molar-refractivity contribution in [1.29, 1.82) is 0 Å². The van der Waals surface area contributed by atoms with Crippen molar-refractivity contribution >= 4 is 11.6 Å². The minimum Gasteiger partial charge on any atom is -0.319 e. The number of halogens is 7. The Morgan fingerprint density at radius 3 is 2.11 bits per heavy atom. The number of rotatable bonds is 2. The van der Waals surface area contributed by atoms with E-state index in [0.29, 0.717) is 0 Å². The van der Waals surface area contributed by atoms with Crippen molar-refractivity contribution < 1.29 is 26.3 Å². The van der Waals surface area contributed by atoms with Gasteiger partial charge in [-0.05, 0) is 18.6 Å². The molecular weight excluding hydrogens is 284 g/mol. The van der Waals surface area contributed by atoms with Crippen LogP contribution in [0, 0.1) is 12.7 Å². The van der Waals surface area contributed by atoms with Gasteiger partial charge < -0.3 is 5.73 Å².